The summed E-state index contributed by atoms with van der Waals surface area (Å²) in [5.41, 5.74) is 0.665. The highest BCUT2D eigenvalue weighted by molar-refractivity contribution is 5.87. The summed E-state index contributed by atoms with van der Waals surface area (Å²) in [6.45, 7) is 4.05. The zero-order valence-corrected chi connectivity index (χ0v) is 11.6. The second-order valence-electron chi connectivity index (χ2n) is 5.85. The highest BCUT2D eigenvalue weighted by Crippen LogP contribution is 2.29. The predicted octanol–water partition coefficient (Wildman–Crippen LogP) is 3.37. The Kier molecular flexibility index (Phi) is 3.74. The van der Waals surface area contributed by atoms with Crippen LogP contribution in [0, 0.1) is 0 Å². The third-order valence-electron chi connectivity index (χ3n) is 4.22. The second kappa shape index (κ2) is 5.13. The lowest BCUT2D eigenvalue weighted by atomic mass is 9.83. The van der Waals surface area contributed by atoms with Crippen molar-refractivity contribution >= 4 is 5.91 Å². The lowest BCUT2D eigenvalue weighted by Crippen LogP contribution is -2.45. The van der Waals surface area contributed by atoms with E-state index in [9.17, 15) is 4.79 Å². The van der Waals surface area contributed by atoms with E-state index >= 15 is 0 Å². The fourth-order valence-corrected chi connectivity index (χ4v) is 2.88. The first kappa shape index (κ1) is 13.1. The largest absolute Gasteiger partial charge is 0.342 e. The van der Waals surface area contributed by atoms with E-state index in [1.807, 2.05) is 56.1 Å². The molecule has 2 rings (SSSR count). The number of hydrogen-bond acceptors (Lipinski definition) is 1. The lowest BCUT2D eigenvalue weighted by Gasteiger charge is -2.33. The van der Waals surface area contributed by atoms with Gasteiger partial charge in [-0.3, -0.25) is 4.79 Å². The van der Waals surface area contributed by atoms with Gasteiger partial charge in [-0.05, 0) is 32.3 Å². The van der Waals surface area contributed by atoms with E-state index in [4.69, 9.17) is 0 Å². The number of hydrogen-bond donors (Lipinski definition) is 0. The number of likely N-dealkylation sites (N-methyl/N-ethyl adjacent to an activating group) is 1. The van der Waals surface area contributed by atoms with Crippen molar-refractivity contribution in [1.82, 2.24) is 4.90 Å². The molecule has 1 aliphatic carbocycles. The van der Waals surface area contributed by atoms with Gasteiger partial charge in [-0.1, -0.05) is 43.2 Å². The Bertz CT molecular complexity index is 404. The van der Waals surface area contributed by atoms with Crippen LogP contribution < -0.4 is 0 Å². The minimum absolute atomic E-state index is 0.237. The number of rotatable bonds is 3. The molecular formula is C16H23NO. The number of carbonyl (C=O) groups excluding carboxylic acids is 1. The summed E-state index contributed by atoms with van der Waals surface area (Å²) in [5, 5.41) is 0. The quantitative estimate of drug-likeness (QED) is 0.799. The van der Waals surface area contributed by atoms with Gasteiger partial charge in [0.25, 0.3) is 0 Å². The molecule has 0 aromatic heterocycles. The van der Waals surface area contributed by atoms with Crippen LogP contribution in [-0.4, -0.2) is 23.9 Å². The van der Waals surface area contributed by atoms with E-state index in [1.165, 1.54) is 12.8 Å². The maximum absolute atomic E-state index is 12.7. The molecule has 0 N–H and O–H groups in total. The van der Waals surface area contributed by atoms with Crippen LogP contribution in [0.15, 0.2) is 30.3 Å². The van der Waals surface area contributed by atoms with Crippen molar-refractivity contribution < 1.29 is 4.79 Å². The van der Waals surface area contributed by atoms with Gasteiger partial charge in [0, 0.05) is 13.1 Å². The standard InChI is InChI=1S/C16H23NO/c1-16(2,13-9-5-4-6-10-13)15(18)17(3)14-11-7-8-12-14/h4-6,9-10,14H,7-8,11-12H2,1-3H3. The number of benzene rings is 1. The molecule has 1 aliphatic rings. The third-order valence-corrected chi connectivity index (χ3v) is 4.22. The maximum atomic E-state index is 12.7. The number of amides is 1. The molecule has 0 spiro atoms. The van der Waals surface area contributed by atoms with Gasteiger partial charge in [-0.2, -0.15) is 0 Å². The summed E-state index contributed by atoms with van der Waals surface area (Å²) in [5.74, 6) is 0.237. The van der Waals surface area contributed by atoms with Crippen molar-refractivity contribution in [3.63, 3.8) is 0 Å². The topological polar surface area (TPSA) is 20.3 Å². The first-order valence-electron chi connectivity index (χ1n) is 6.86. The van der Waals surface area contributed by atoms with Gasteiger partial charge in [-0.25, -0.2) is 0 Å². The normalized spacial score (nSPS) is 16.8. The molecule has 0 radical (unpaired) electrons. The van der Waals surface area contributed by atoms with E-state index in [2.05, 4.69) is 0 Å². The summed E-state index contributed by atoms with van der Waals surface area (Å²) in [4.78, 5) is 14.7. The van der Waals surface area contributed by atoms with Crippen molar-refractivity contribution in [1.29, 1.82) is 0 Å². The van der Waals surface area contributed by atoms with Crippen LogP contribution in [0.1, 0.15) is 45.1 Å². The van der Waals surface area contributed by atoms with Crippen LogP contribution in [0.5, 0.6) is 0 Å². The zero-order chi connectivity index (χ0) is 13.2. The van der Waals surface area contributed by atoms with Crippen molar-refractivity contribution in [2.24, 2.45) is 0 Å². The van der Waals surface area contributed by atoms with Crippen molar-refractivity contribution in [2.75, 3.05) is 7.05 Å². The molecule has 0 saturated heterocycles. The SMILES string of the molecule is CN(C(=O)C(C)(C)c1ccccc1)C1CCCC1. The lowest BCUT2D eigenvalue weighted by molar-refractivity contribution is -0.137. The molecule has 1 amide bonds. The van der Waals surface area contributed by atoms with E-state index < -0.39 is 5.41 Å². The molecule has 1 fully saturated rings. The highest BCUT2D eigenvalue weighted by atomic mass is 16.2. The second-order valence-corrected chi connectivity index (χ2v) is 5.85. The monoisotopic (exact) mass is 245 g/mol. The molecule has 2 heteroatoms. The Morgan fingerprint density at radius 3 is 2.28 bits per heavy atom. The maximum Gasteiger partial charge on any atom is 0.232 e. The van der Waals surface area contributed by atoms with E-state index in [0.717, 1.165) is 18.4 Å². The van der Waals surface area contributed by atoms with Crippen molar-refractivity contribution in [3.8, 4) is 0 Å². The molecule has 1 aromatic rings. The highest BCUT2D eigenvalue weighted by Gasteiger charge is 2.35. The molecule has 1 aromatic carbocycles. The van der Waals surface area contributed by atoms with Gasteiger partial charge in [0.15, 0.2) is 0 Å². The first-order valence-corrected chi connectivity index (χ1v) is 6.86. The Morgan fingerprint density at radius 2 is 1.72 bits per heavy atom. The molecule has 1 saturated carbocycles. The Labute approximate surface area is 110 Å². The van der Waals surface area contributed by atoms with Crippen LogP contribution in [0.4, 0.5) is 0 Å². The first-order chi connectivity index (χ1) is 8.53. The third kappa shape index (κ3) is 2.43. The average molecular weight is 245 g/mol. The van der Waals surface area contributed by atoms with Crippen molar-refractivity contribution in [3.05, 3.63) is 35.9 Å². The fourth-order valence-electron chi connectivity index (χ4n) is 2.88. The molecule has 0 unspecified atom stereocenters. The molecular weight excluding hydrogens is 222 g/mol. The Hall–Kier alpha value is -1.31. The van der Waals surface area contributed by atoms with Crippen LogP contribution in [0.3, 0.4) is 0 Å². The van der Waals surface area contributed by atoms with Crippen LogP contribution in [0.25, 0.3) is 0 Å². The Balaban J connectivity index is 2.16. The van der Waals surface area contributed by atoms with Gasteiger partial charge < -0.3 is 4.90 Å². The Morgan fingerprint density at radius 1 is 1.17 bits per heavy atom. The van der Waals surface area contributed by atoms with E-state index in [1.54, 1.807) is 0 Å². The molecule has 0 aliphatic heterocycles. The minimum Gasteiger partial charge on any atom is -0.342 e. The minimum atomic E-state index is -0.432. The van der Waals surface area contributed by atoms with Crippen LogP contribution in [-0.2, 0) is 10.2 Å². The summed E-state index contributed by atoms with van der Waals surface area (Å²) >= 11 is 0. The van der Waals surface area contributed by atoms with Crippen molar-refractivity contribution in [2.45, 2.75) is 51.0 Å². The van der Waals surface area contributed by atoms with Crippen LogP contribution in [0.2, 0.25) is 0 Å². The number of nitrogens with zero attached hydrogens (tertiary/aromatic N) is 1. The summed E-state index contributed by atoms with van der Waals surface area (Å²) < 4.78 is 0. The number of carbonyl (C=O) groups is 1. The van der Waals surface area contributed by atoms with Crippen LogP contribution >= 0.6 is 0 Å². The smallest absolute Gasteiger partial charge is 0.232 e. The van der Waals surface area contributed by atoms with Gasteiger partial charge >= 0.3 is 0 Å². The molecule has 0 heterocycles. The van der Waals surface area contributed by atoms with Gasteiger partial charge in [-0.15, -0.1) is 0 Å². The molecule has 18 heavy (non-hydrogen) atoms. The van der Waals surface area contributed by atoms with E-state index in [-0.39, 0.29) is 5.91 Å². The van der Waals surface area contributed by atoms with Gasteiger partial charge in [0.2, 0.25) is 5.91 Å². The summed E-state index contributed by atoms with van der Waals surface area (Å²) in [7, 11) is 1.96. The average Bonchev–Trinajstić information content (AvgIpc) is 2.92. The van der Waals surface area contributed by atoms with Gasteiger partial charge in [0.05, 0.1) is 5.41 Å². The van der Waals surface area contributed by atoms with Gasteiger partial charge in [0.1, 0.15) is 0 Å². The summed E-state index contributed by atoms with van der Waals surface area (Å²) in [6.07, 6.45) is 4.84. The molecule has 0 atom stereocenters. The molecule has 0 bridgehead atoms. The fraction of sp³-hybridized carbons (Fsp3) is 0.562. The molecule has 98 valence electrons. The molecule has 2 nitrogen and oxygen atoms in total. The van der Waals surface area contributed by atoms with E-state index in [0.29, 0.717) is 6.04 Å². The summed E-state index contributed by atoms with van der Waals surface area (Å²) in [6, 6.07) is 10.5. The zero-order valence-electron chi connectivity index (χ0n) is 11.6. The predicted molar refractivity (Wildman–Crippen MR) is 74.5 cm³/mol.